The Labute approximate surface area is 139 Å². The minimum Gasteiger partial charge on any atom is -0.337 e. The van der Waals surface area contributed by atoms with E-state index in [1.165, 1.54) is 0 Å². The Morgan fingerprint density at radius 2 is 2.08 bits per heavy atom. The van der Waals surface area contributed by atoms with Crippen molar-refractivity contribution in [2.45, 2.75) is 32.0 Å². The first-order valence-corrected chi connectivity index (χ1v) is 9.42. The molecular weight excluding hydrogens is 332 g/mol. The molecule has 1 saturated heterocycles. The lowest BCUT2D eigenvalue weighted by Crippen LogP contribution is -2.27. The summed E-state index contributed by atoms with van der Waals surface area (Å²) in [6.07, 6.45) is 2.09. The van der Waals surface area contributed by atoms with Crippen molar-refractivity contribution in [1.82, 2.24) is 19.8 Å². The number of nitrogens with one attached hydrogen (secondary N) is 1. The summed E-state index contributed by atoms with van der Waals surface area (Å²) in [5.41, 5.74) is 1.02. The summed E-state index contributed by atoms with van der Waals surface area (Å²) >= 11 is 0. The minimum absolute atomic E-state index is 0.0397. The monoisotopic (exact) mass is 350 g/mol. The molecule has 2 aromatic rings. The van der Waals surface area contributed by atoms with E-state index in [2.05, 4.69) is 14.9 Å². The highest BCUT2D eigenvalue weighted by molar-refractivity contribution is 7.88. The van der Waals surface area contributed by atoms with Crippen LogP contribution in [0, 0.1) is 0 Å². The second-order valence-corrected chi connectivity index (χ2v) is 7.54. The predicted molar refractivity (Wildman–Crippen MR) is 84.9 cm³/mol. The molecule has 9 heteroatoms. The first-order valence-electron chi connectivity index (χ1n) is 7.53. The second kappa shape index (κ2) is 6.70. The Kier molecular flexibility index (Phi) is 4.63. The molecule has 3 rings (SSSR count). The predicted octanol–water partition coefficient (Wildman–Crippen LogP) is 0.982. The zero-order valence-electron chi connectivity index (χ0n) is 13.2. The summed E-state index contributed by atoms with van der Waals surface area (Å²) in [5.74, 6) is 0.620. The van der Waals surface area contributed by atoms with Crippen molar-refractivity contribution in [3.63, 3.8) is 0 Å². The van der Waals surface area contributed by atoms with E-state index in [4.69, 9.17) is 4.52 Å². The number of amides is 1. The van der Waals surface area contributed by atoms with Crippen LogP contribution in [-0.2, 0) is 27.9 Å². The van der Waals surface area contributed by atoms with Crippen LogP contribution in [0.25, 0.3) is 0 Å². The van der Waals surface area contributed by atoms with Gasteiger partial charge in [0.15, 0.2) is 5.82 Å². The van der Waals surface area contributed by atoms with Crippen LogP contribution in [0.15, 0.2) is 34.9 Å². The lowest BCUT2D eigenvalue weighted by atomic mass is 10.2. The summed E-state index contributed by atoms with van der Waals surface area (Å²) < 4.78 is 29.8. The van der Waals surface area contributed by atoms with Gasteiger partial charge in [0.2, 0.25) is 21.8 Å². The SMILES string of the molecule is CS(=O)(=O)NCc1noc([C@@H]2CCC(=O)N2Cc2ccccc2)n1. The van der Waals surface area contributed by atoms with Gasteiger partial charge in [0.25, 0.3) is 0 Å². The molecule has 0 saturated carbocycles. The molecule has 24 heavy (non-hydrogen) atoms. The normalized spacial score (nSPS) is 18.3. The number of carbonyl (C=O) groups is 1. The van der Waals surface area contributed by atoms with Crippen LogP contribution in [0.1, 0.15) is 36.2 Å². The number of nitrogens with zero attached hydrogens (tertiary/aromatic N) is 3. The molecule has 1 fully saturated rings. The summed E-state index contributed by atoms with van der Waals surface area (Å²) in [7, 11) is -3.33. The lowest BCUT2D eigenvalue weighted by molar-refractivity contribution is -0.129. The highest BCUT2D eigenvalue weighted by Crippen LogP contribution is 2.33. The van der Waals surface area contributed by atoms with Gasteiger partial charge in [-0.05, 0) is 12.0 Å². The van der Waals surface area contributed by atoms with E-state index in [0.717, 1.165) is 11.8 Å². The summed E-state index contributed by atoms with van der Waals surface area (Å²) in [4.78, 5) is 18.1. The van der Waals surface area contributed by atoms with Gasteiger partial charge in [-0.2, -0.15) is 4.98 Å². The molecule has 0 unspecified atom stereocenters. The molecular formula is C15H18N4O4S. The summed E-state index contributed by atoms with van der Waals surface area (Å²) in [6.45, 7) is 0.436. The number of rotatable bonds is 6. The van der Waals surface area contributed by atoms with Crippen molar-refractivity contribution in [1.29, 1.82) is 0 Å². The van der Waals surface area contributed by atoms with Crippen LogP contribution >= 0.6 is 0 Å². The molecule has 0 bridgehead atoms. The highest BCUT2D eigenvalue weighted by Gasteiger charge is 2.35. The average molecular weight is 350 g/mol. The molecule has 1 aliphatic heterocycles. The third kappa shape index (κ3) is 3.98. The molecule has 0 radical (unpaired) electrons. The quantitative estimate of drug-likeness (QED) is 0.833. The Hall–Kier alpha value is -2.26. The van der Waals surface area contributed by atoms with Crippen molar-refractivity contribution < 1.29 is 17.7 Å². The lowest BCUT2D eigenvalue weighted by Gasteiger charge is -2.22. The van der Waals surface area contributed by atoms with Gasteiger partial charge in [-0.1, -0.05) is 35.5 Å². The number of benzene rings is 1. The minimum atomic E-state index is -3.33. The molecule has 0 aliphatic carbocycles. The van der Waals surface area contributed by atoms with Gasteiger partial charge in [-0.3, -0.25) is 4.79 Å². The van der Waals surface area contributed by atoms with Crippen LogP contribution < -0.4 is 4.72 Å². The highest BCUT2D eigenvalue weighted by atomic mass is 32.2. The van der Waals surface area contributed by atoms with Gasteiger partial charge < -0.3 is 9.42 Å². The van der Waals surface area contributed by atoms with E-state index in [9.17, 15) is 13.2 Å². The summed E-state index contributed by atoms with van der Waals surface area (Å²) in [5, 5.41) is 3.78. The third-order valence-corrected chi connectivity index (χ3v) is 4.45. The van der Waals surface area contributed by atoms with E-state index in [1.54, 1.807) is 4.90 Å². The maximum atomic E-state index is 12.2. The molecule has 1 atom stereocenters. The van der Waals surface area contributed by atoms with E-state index < -0.39 is 10.0 Å². The number of carbonyl (C=O) groups excluding carboxylic acids is 1. The largest absolute Gasteiger partial charge is 0.337 e. The molecule has 8 nitrogen and oxygen atoms in total. The molecule has 1 aromatic carbocycles. The molecule has 1 aliphatic rings. The molecule has 1 aromatic heterocycles. The maximum absolute atomic E-state index is 12.2. The smallest absolute Gasteiger partial charge is 0.249 e. The van der Waals surface area contributed by atoms with Gasteiger partial charge >= 0.3 is 0 Å². The number of likely N-dealkylation sites (tertiary alicyclic amines) is 1. The molecule has 128 valence electrons. The van der Waals surface area contributed by atoms with Crippen molar-refractivity contribution in [3.05, 3.63) is 47.6 Å². The van der Waals surface area contributed by atoms with Crippen molar-refractivity contribution >= 4 is 15.9 Å². The first kappa shape index (κ1) is 16.6. The zero-order valence-corrected chi connectivity index (χ0v) is 14.0. The Morgan fingerprint density at radius 1 is 1.33 bits per heavy atom. The number of aromatic nitrogens is 2. The molecule has 1 N–H and O–H groups in total. The topological polar surface area (TPSA) is 105 Å². The zero-order chi connectivity index (χ0) is 17.2. The standard InChI is InChI=1S/C15H18N4O4S/c1-24(21,22)16-9-13-17-15(23-18-13)12-7-8-14(20)19(12)10-11-5-3-2-4-6-11/h2-6,12,16H,7-10H2,1H3/t12-/m0/s1. The first-order chi connectivity index (χ1) is 11.4. The van der Waals surface area contributed by atoms with E-state index in [0.29, 0.717) is 25.3 Å². The Balaban J connectivity index is 1.73. The number of sulfonamides is 1. The van der Waals surface area contributed by atoms with Crippen LogP contribution in [-0.4, -0.2) is 35.6 Å². The van der Waals surface area contributed by atoms with Crippen LogP contribution in [0.2, 0.25) is 0 Å². The maximum Gasteiger partial charge on any atom is 0.249 e. The van der Waals surface area contributed by atoms with Gasteiger partial charge in [0.1, 0.15) is 6.04 Å². The van der Waals surface area contributed by atoms with E-state index in [-0.39, 0.29) is 24.3 Å². The van der Waals surface area contributed by atoms with Gasteiger partial charge in [-0.25, -0.2) is 13.1 Å². The Morgan fingerprint density at radius 3 is 2.79 bits per heavy atom. The van der Waals surface area contributed by atoms with Crippen molar-refractivity contribution in [2.75, 3.05) is 6.26 Å². The fourth-order valence-electron chi connectivity index (χ4n) is 2.64. The van der Waals surface area contributed by atoms with Crippen LogP contribution in [0.5, 0.6) is 0 Å². The summed E-state index contributed by atoms with van der Waals surface area (Å²) in [6, 6.07) is 9.40. The van der Waals surface area contributed by atoms with Crippen molar-refractivity contribution in [2.24, 2.45) is 0 Å². The molecule has 2 heterocycles. The average Bonchev–Trinajstić information content (AvgIpc) is 3.13. The van der Waals surface area contributed by atoms with Crippen LogP contribution in [0.3, 0.4) is 0 Å². The molecule has 1 amide bonds. The fraction of sp³-hybridized carbons (Fsp3) is 0.400. The number of hydrogen-bond donors (Lipinski definition) is 1. The molecule has 0 spiro atoms. The van der Waals surface area contributed by atoms with Crippen LogP contribution in [0.4, 0.5) is 0 Å². The van der Waals surface area contributed by atoms with Gasteiger partial charge in [0, 0.05) is 13.0 Å². The van der Waals surface area contributed by atoms with Gasteiger partial charge in [-0.15, -0.1) is 0 Å². The van der Waals surface area contributed by atoms with Gasteiger partial charge in [0.05, 0.1) is 12.8 Å². The van der Waals surface area contributed by atoms with E-state index in [1.807, 2.05) is 30.3 Å². The Bertz CT molecular complexity index is 819. The fourth-order valence-corrected chi connectivity index (χ4v) is 3.03. The number of hydrogen-bond acceptors (Lipinski definition) is 6. The van der Waals surface area contributed by atoms with E-state index >= 15 is 0 Å². The second-order valence-electron chi connectivity index (χ2n) is 5.70. The van der Waals surface area contributed by atoms with Crippen molar-refractivity contribution in [3.8, 4) is 0 Å². The third-order valence-electron chi connectivity index (χ3n) is 3.79.